The minimum atomic E-state index is -2.31. The Morgan fingerprint density at radius 3 is 2.04 bits per heavy atom. The molecule has 2 N–H and O–H groups in total. The van der Waals surface area contributed by atoms with Crippen LogP contribution in [0.25, 0.3) is 39.3 Å². The maximum absolute atomic E-state index is 14.1. The average Bonchev–Trinajstić information content (AvgIpc) is 3.97. The van der Waals surface area contributed by atoms with Crippen molar-refractivity contribution in [3.05, 3.63) is 75.4 Å². The molecule has 0 saturated heterocycles. The fourth-order valence-electron chi connectivity index (χ4n) is 10.5. The van der Waals surface area contributed by atoms with Crippen molar-refractivity contribution in [2.75, 3.05) is 20.8 Å². The van der Waals surface area contributed by atoms with E-state index in [4.69, 9.17) is 28.9 Å². The van der Waals surface area contributed by atoms with Gasteiger partial charge in [-0.3, -0.25) is 9.78 Å². The van der Waals surface area contributed by atoms with Crippen LogP contribution in [0.5, 0.6) is 0 Å². The number of fused-ring (bicyclic) bond motifs is 8. The summed E-state index contributed by atoms with van der Waals surface area (Å²) in [5.74, 6) is -2.18. The van der Waals surface area contributed by atoms with Crippen LogP contribution in [-0.4, -0.2) is 58.7 Å². The van der Waals surface area contributed by atoms with E-state index in [-0.39, 0.29) is 35.1 Å². The number of aromatic nitrogens is 4. The van der Waals surface area contributed by atoms with Crippen LogP contribution in [0.4, 0.5) is 0 Å². The molecule has 0 amide bonds. The molecule has 3 aromatic rings. The molecule has 67 heavy (non-hydrogen) atoms. The molecule has 364 valence electrons. The standard InChI is InChI=1S/C56H78N4O7/c1-14-40-36(8)43-29-45-38(10)42(25-26-49(61)66-28-27-35(7)24-18-23-34(6)22-17-21-33(5)20-16-19-32(3)4)52(59-45)51-53-50(54(62)67-56(51,65-13)55(63)64-12)39(11)46(60-53)31-48-41(15-2)37(9)44(58-48)30-47(40)57-43/h14,29-35,38,42,57-58H,1,15-28H2,2-13H3/t33?,34?,35?,38-,42-,56-/m0/s1. The average molecular weight is 919 g/mol. The van der Waals surface area contributed by atoms with Crippen molar-refractivity contribution in [2.45, 2.75) is 170 Å². The van der Waals surface area contributed by atoms with Gasteiger partial charge in [0.1, 0.15) is 0 Å². The molecule has 6 rings (SSSR count). The number of aryl methyl sites for hydroxylation is 3. The molecule has 0 radical (unpaired) electrons. The normalized spacial score (nSPS) is 19.3. The first-order valence-electron chi connectivity index (χ1n) is 25.1. The predicted molar refractivity (Wildman–Crippen MR) is 269 cm³/mol. The Bertz CT molecular complexity index is 2510. The number of allylic oxidation sites excluding steroid dienone is 1. The molecule has 0 saturated carbocycles. The fraction of sp³-hybridized carbons (Fsp3) is 0.589. The Morgan fingerprint density at radius 1 is 0.836 bits per heavy atom. The number of hydrogen-bond donors (Lipinski definition) is 2. The van der Waals surface area contributed by atoms with Crippen molar-refractivity contribution >= 4 is 57.2 Å². The highest BCUT2D eigenvalue weighted by molar-refractivity contribution is 6.27. The molecule has 6 atom stereocenters. The summed E-state index contributed by atoms with van der Waals surface area (Å²) in [4.78, 5) is 59.3. The Labute approximate surface area is 399 Å². The van der Waals surface area contributed by atoms with E-state index in [0.717, 1.165) is 81.3 Å². The molecular weight excluding hydrogens is 841 g/mol. The van der Waals surface area contributed by atoms with Crippen LogP contribution < -0.4 is 0 Å². The van der Waals surface area contributed by atoms with Gasteiger partial charge in [-0.15, -0.1) is 0 Å². The van der Waals surface area contributed by atoms with E-state index in [9.17, 15) is 14.4 Å². The lowest BCUT2D eigenvalue weighted by molar-refractivity contribution is -0.238. The van der Waals surface area contributed by atoms with E-state index < -0.39 is 23.6 Å². The number of nitrogens with one attached hydrogen (secondary N) is 2. The van der Waals surface area contributed by atoms with Crippen LogP contribution in [0.15, 0.2) is 24.8 Å². The molecule has 11 nitrogen and oxygen atoms in total. The van der Waals surface area contributed by atoms with Gasteiger partial charge >= 0.3 is 23.7 Å². The van der Waals surface area contributed by atoms with Crippen molar-refractivity contribution in [3.63, 3.8) is 0 Å². The van der Waals surface area contributed by atoms with Crippen LogP contribution in [0.1, 0.15) is 195 Å². The largest absolute Gasteiger partial charge is 0.466 e. The number of methoxy groups -OCH3 is 2. The Kier molecular flexibility index (Phi) is 17.2. The number of H-pyrrole nitrogens is 2. The van der Waals surface area contributed by atoms with Crippen LogP contribution in [-0.2, 0) is 45.5 Å². The first-order chi connectivity index (χ1) is 32.0. The second-order valence-corrected chi connectivity index (χ2v) is 20.3. The number of carbonyl (C=O) groups excluding carboxylic acids is 3. The van der Waals surface area contributed by atoms with Gasteiger partial charge in [0.05, 0.1) is 41.9 Å². The molecule has 3 unspecified atom stereocenters. The highest BCUT2D eigenvalue weighted by atomic mass is 16.7. The maximum atomic E-state index is 14.1. The molecule has 0 spiro atoms. The van der Waals surface area contributed by atoms with Crippen molar-refractivity contribution in [3.8, 4) is 0 Å². The SMILES string of the molecule is C=Cc1c(C)c2cc3nc(c4c5nc(cc6[nH]c(cc1[nH]2)c(C)c6CC)C(C)=C5C(=O)O[C@]4(OC)C(=O)OC)[C@@H](CCC(=O)OCCC(C)CCCC(C)CCCC(C)CCCC(C)C)[C@@H]3C. The van der Waals surface area contributed by atoms with Gasteiger partial charge < -0.3 is 28.9 Å². The summed E-state index contributed by atoms with van der Waals surface area (Å²) in [6, 6.07) is 6.06. The molecule has 11 heteroatoms. The van der Waals surface area contributed by atoms with Crippen molar-refractivity contribution < 1.29 is 33.3 Å². The van der Waals surface area contributed by atoms with E-state index in [1.165, 1.54) is 65.6 Å². The number of esters is 3. The lowest BCUT2D eigenvalue weighted by Gasteiger charge is -2.35. The third kappa shape index (κ3) is 11.1. The molecule has 0 fully saturated rings. The van der Waals surface area contributed by atoms with E-state index in [1.807, 2.05) is 32.1 Å². The number of carbonyl (C=O) groups is 3. The number of hydrogen-bond acceptors (Lipinski definition) is 9. The summed E-state index contributed by atoms with van der Waals surface area (Å²) >= 11 is 0. The number of cyclic esters (lactones) is 1. The Balaban J connectivity index is 1.27. The van der Waals surface area contributed by atoms with E-state index in [1.54, 1.807) is 0 Å². The zero-order valence-corrected chi connectivity index (χ0v) is 42.6. The smallest absolute Gasteiger partial charge is 0.385 e. The summed E-state index contributed by atoms with van der Waals surface area (Å²) in [6.45, 7) is 26.3. The van der Waals surface area contributed by atoms with Crippen LogP contribution in [0.2, 0.25) is 0 Å². The second kappa shape index (κ2) is 22.4. The zero-order chi connectivity index (χ0) is 48.7. The lowest BCUT2D eigenvalue weighted by atomic mass is 9.82. The molecular formula is C56H78N4O7. The van der Waals surface area contributed by atoms with Crippen molar-refractivity contribution in [1.82, 2.24) is 19.9 Å². The summed E-state index contributed by atoms with van der Waals surface area (Å²) in [7, 11) is 2.53. The molecule has 8 bridgehead atoms. The zero-order valence-electron chi connectivity index (χ0n) is 42.6. The maximum Gasteiger partial charge on any atom is 0.385 e. The molecule has 3 aliphatic rings. The number of nitrogens with zero attached hydrogens (tertiary/aromatic N) is 2. The van der Waals surface area contributed by atoms with Crippen LogP contribution in [0.3, 0.4) is 0 Å². The predicted octanol–water partition coefficient (Wildman–Crippen LogP) is 13.3. The summed E-state index contributed by atoms with van der Waals surface area (Å²) in [6.07, 6.45) is 15.4. The van der Waals surface area contributed by atoms with Gasteiger partial charge in [0.15, 0.2) is 0 Å². The first-order valence-corrected chi connectivity index (χ1v) is 25.1. The third-order valence-corrected chi connectivity index (χ3v) is 14.9. The number of rotatable bonds is 22. The summed E-state index contributed by atoms with van der Waals surface area (Å²) in [5.41, 5.74) is 10.6. The van der Waals surface area contributed by atoms with E-state index >= 15 is 0 Å². The molecule has 0 aromatic carbocycles. The monoisotopic (exact) mass is 919 g/mol. The fourth-order valence-corrected chi connectivity index (χ4v) is 10.5. The minimum Gasteiger partial charge on any atom is -0.466 e. The van der Waals surface area contributed by atoms with Gasteiger partial charge in [0.25, 0.3) is 0 Å². The first kappa shape index (κ1) is 51.4. The van der Waals surface area contributed by atoms with Gasteiger partial charge in [-0.25, -0.2) is 14.6 Å². The van der Waals surface area contributed by atoms with Gasteiger partial charge in [-0.05, 0) is 104 Å². The van der Waals surface area contributed by atoms with Gasteiger partial charge in [0.2, 0.25) is 0 Å². The third-order valence-electron chi connectivity index (χ3n) is 14.9. The quantitative estimate of drug-likeness (QED) is 0.0743. The van der Waals surface area contributed by atoms with Crippen LogP contribution >= 0.6 is 0 Å². The number of ether oxygens (including phenoxy) is 4. The molecule has 6 heterocycles. The van der Waals surface area contributed by atoms with Gasteiger partial charge in [0, 0.05) is 58.7 Å². The Hall–Kier alpha value is -5.03. The molecule has 0 aliphatic carbocycles. The molecule has 3 aromatic heterocycles. The summed E-state index contributed by atoms with van der Waals surface area (Å²) < 4.78 is 23.2. The van der Waals surface area contributed by atoms with E-state index in [2.05, 4.69) is 78.0 Å². The van der Waals surface area contributed by atoms with Gasteiger partial charge in [-0.1, -0.05) is 119 Å². The van der Waals surface area contributed by atoms with Crippen molar-refractivity contribution in [1.29, 1.82) is 0 Å². The van der Waals surface area contributed by atoms with E-state index in [0.29, 0.717) is 41.6 Å². The highest BCUT2D eigenvalue weighted by Gasteiger charge is 2.57. The Morgan fingerprint density at radius 2 is 1.45 bits per heavy atom. The highest BCUT2D eigenvalue weighted by Crippen LogP contribution is 2.50. The number of aromatic amines is 2. The van der Waals surface area contributed by atoms with Crippen molar-refractivity contribution in [2.24, 2.45) is 23.7 Å². The second-order valence-electron chi connectivity index (χ2n) is 20.3. The lowest BCUT2D eigenvalue weighted by Crippen LogP contribution is -2.47. The van der Waals surface area contributed by atoms with Crippen LogP contribution in [0, 0.1) is 37.5 Å². The topological polar surface area (TPSA) is 145 Å². The summed E-state index contributed by atoms with van der Waals surface area (Å²) in [5, 5.41) is 0. The molecule has 3 aliphatic heterocycles. The minimum absolute atomic E-state index is 0.115. The van der Waals surface area contributed by atoms with Gasteiger partial charge in [-0.2, -0.15) is 0 Å².